The maximum absolute atomic E-state index is 11.5. The van der Waals surface area contributed by atoms with E-state index in [4.69, 9.17) is 10.2 Å². The zero-order valence-corrected chi connectivity index (χ0v) is 9.66. The first-order chi connectivity index (χ1) is 8.22. The average Bonchev–Trinajstić information content (AvgIpc) is 2.85. The van der Waals surface area contributed by atoms with Crippen molar-refractivity contribution in [2.75, 3.05) is 0 Å². The number of nitrogens with one attached hydrogen (secondary N) is 1. The Morgan fingerprint density at radius 3 is 3.06 bits per heavy atom. The van der Waals surface area contributed by atoms with Crippen molar-refractivity contribution in [1.29, 1.82) is 0 Å². The van der Waals surface area contributed by atoms with Crippen LogP contribution in [0.1, 0.15) is 5.56 Å². The second-order valence-corrected chi connectivity index (χ2v) is 4.92. The highest BCUT2D eigenvalue weighted by Gasteiger charge is 2.23. The lowest BCUT2D eigenvalue weighted by Gasteiger charge is -1.96. The summed E-state index contributed by atoms with van der Waals surface area (Å²) in [5.74, 6) is -0.116. The van der Waals surface area contributed by atoms with Gasteiger partial charge in [-0.15, -0.1) is 0 Å². The van der Waals surface area contributed by atoms with E-state index in [0.29, 0.717) is 4.91 Å². The Morgan fingerprint density at radius 1 is 1.41 bits per heavy atom. The van der Waals surface area contributed by atoms with E-state index in [1.165, 1.54) is 11.8 Å². The van der Waals surface area contributed by atoms with Crippen molar-refractivity contribution < 1.29 is 9.21 Å². The molecule has 1 aromatic carbocycles. The Hall–Kier alpha value is -1.72. The standard InChI is InChI=1S/C12H10N2O2S/c13-12-14-11(15)10(17-12)6-7-1-2-9-8(5-7)3-4-16-9/h1-6,12H,13H2,(H,14,15)/b10-6-. The minimum atomic E-state index is -0.341. The highest BCUT2D eigenvalue weighted by molar-refractivity contribution is 8.05. The van der Waals surface area contributed by atoms with E-state index in [-0.39, 0.29) is 11.4 Å². The number of hydrogen-bond donors (Lipinski definition) is 2. The SMILES string of the molecule is NC1NC(=O)/C(=C/c2ccc3occc3c2)S1. The van der Waals surface area contributed by atoms with Crippen molar-refractivity contribution in [1.82, 2.24) is 5.32 Å². The van der Waals surface area contributed by atoms with Crippen LogP contribution < -0.4 is 11.1 Å². The van der Waals surface area contributed by atoms with E-state index in [1.807, 2.05) is 30.3 Å². The van der Waals surface area contributed by atoms with Gasteiger partial charge in [-0.05, 0) is 29.8 Å². The molecule has 17 heavy (non-hydrogen) atoms. The van der Waals surface area contributed by atoms with Crippen molar-refractivity contribution in [3.63, 3.8) is 0 Å². The number of carbonyl (C=O) groups is 1. The second-order valence-electron chi connectivity index (χ2n) is 3.74. The van der Waals surface area contributed by atoms with Crippen molar-refractivity contribution in [3.8, 4) is 0 Å². The molecule has 3 N–H and O–H groups in total. The van der Waals surface area contributed by atoms with Crippen LogP contribution in [0.15, 0.2) is 39.9 Å². The summed E-state index contributed by atoms with van der Waals surface area (Å²) in [6.07, 6.45) is 3.48. The fourth-order valence-electron chi connectivity index (χ4n) is 1.75. The number of furan rings is 1. The van der Waals surface area contributed by atoms with Crippen LogP contribution >= 0.6 is 11.8 Å². The number of amides is 1. The van der Waals surface area contributed by atoms with E-state index in [1.54, 1.807) is 6.26 Å². The summed E-state index contributed by atoms with van der Waals surface area (Å²) in [7, 11) is 0. The number of fused-ring (bicyclic) bond motifs is 1. The lowest BCUT2D eigenvalue weighted by Crippen LogP contribution is -2.31. The summed E-state index contributed by atoms with van der Waals surface area (Å²) in [6.45, 7) is 0. The quantitative estimate of drug-likeness (QED) is 0.754. The zero-order valence-electron chi connectivity index (χ0n) is 8.84. The summed E-state index contributed by atoms with van der Waals surface area (Å²) in [5.41, 5.74) is 7.08. The summed E-state index contributed by atoms with van der Waals surface area (Å²) in [5, 5.41) is 3.65. The molecule has 1 atom stereocenters. The minimum Gasteiger partial charge on any atom is -0.464 e. The predicted molar refractivity (Wildman–Crippen MR) is 67.9 cm³/mol. The van der Waals surface area contributed by atoms with Crippen LogP contribution in [0.25, 0.3) is 17.0 Å². The number of thioether (sulfide) groups is 1. The molecule has 5 heteroatoms. The predicted octanol–water partition coefficient (Wildman–Crippen LogP) is 1.88. The van der Waals surface area contributed by atoms with Gasteiger partial charge in [0.15, 0.2) is 0 Å². The van der Waals surface area contributed by atoms with E-state index < -0.39 is 0 Å². The van der Waals surface area contributed by atoms with Gasteiger partial charge < -0.3 is 15.5 Å². The molecule has 4 nitrogen and oxygen atoms in total. The van der Waals surface area contributed by atoms with Crippen LogP contribution in [-0.4, -0.2) is 11.4 Å². The molecular weight excluding hydrogens is 236 g/mol. The lowest BCUT2D eigenvalue weighted by molar-refractivity contribution is -0.116. The topological polar surface area (TPSA) is 68.3 Å². The molecule has 0 aliphatic carbocycles. The maximum atomic E-state index is 11.5. The molecule has 1 amide bonds. The van der Waals surface area contributed by atoms with Crippen LogP contribution in [0.5, 0.6) is 0 Å². The molecule has 1 aliphatic heterocycles. The Morgan fingerprint density at radius 2 is 2.29 bits per heavy atom. The highest BCUT2D eigenvalue weighted by atomic mass is 32.2. The van der Waals surface area contributed by atoms with Gasteiger partial charge in [0, 0.05) is 5.39 Å². The Kier molecular flexibility index (Phi) is 2.42. The van der Waals surface area contributed by atoms with Gasteiger partial charge >= 0.3 is 0 Å². The summed E-state index contributed by atoms with van der Waals surface area (Å²) in [6, 6.07) is 7.67. The number of nitrogens with two attached hydrogens (primary N) is 1. The number of benzene rings is 1. The molecule has 0 saturated carbocycles. The first kappa shape index (κ1) is 10.4. The molecular formula is C12H10N2O2S. The van der Waals surface area contributed by atoms with Crippen LogP contribution in [0.4, 0.5) is 0 Å². The normalized spacial score (nSPS) is 22.3. The van der Waals surface area contributed by atoms with Gasteiger partial charge in [-0.1, -0.05) is 17.8 Å². The fourth-order valence-corrected chi connectivity index (χ4v) is 2.56. The van der Waals surface area contributed by atoms with E-state index in [2.05, 4.69) is 5.32 Å². The molecule has 3 rings (SSSR count). The second kappa shape index (κ2) is 3.94. The van der Waals surface area contributed by atoms with E-state index >= 15 is 0 Å². The third-order valence-corrected chi connectivity index (χ3v) is 3.45. The van der Waals surface area contributed by atoms with Crippen molar-refractivity contribution in [2.45, 2.75) is 5.50 Å². The largest absolute Gasteiger partial charge is 0.464 e. The smallest absolute Gasteiger partial charge is 0.259 e. The van der Waals surface area contributed by atoms with Crippen LogP contribution in [0.2, 0.25) is 0 Å². The van der Waals surface area contributed by atoms with Gasteiger partial charge in [0.1, 0.15) is 11.1 Å². The molecule has 1 unspecified atom stereocenters. The van der Waals surface area contributed by atoms with Crippen LogP contribution in [0.3, 0.4) is 0 Å². The monoisotopic (exact) mass is 246 g/mol. The van der Waals surface area contributed by atoms with Crippen LogP contribution in [-0.2, 0) is 4.79 Å². The highest BCUT2D eigenvalue weighted by Crippen LogP contribution is 2.27. The molecule has 2 heterocycles. The van der Waals surface area contributed by atoms with Crippen molar-refractivity contribution in [2.24, 2.45) is 5.73 Å². The van der Waals surface area contributed by atoms with Gasteiger partial charge in [-0.3, -0.25) is 4.79 Å². The molecule has 86 valence electrons. The van der Waals surface area contributed by atoms with Crippen molar-refractivity contribution >= 4 is 34.7 Å². The summed E-state index contributed by atoms with van der Waals surface area (Å²) < 4.78 is 5.26. The molecule has 1 aromatic heterocycles. The fraction of sp³-hybridized carbons (Fsp3) is 0.0833. The maximum Gasteiger partial charge on any atom is 0.259 e. The first-order valence-electron chi connectivity index (χ1n) is 5.14. The molecule has 0 bridgehead atoms. The van der Waals surface area contributed by atoms with E-state index in [9.17, 15) is 4.79 Å². The Labute approximate surface area is 102 Å². The zero-order chi connectivity index (χ0) is 11.8. The van der Waals surface area contributed by atoms with Crippen LogP contribution in [0, 0.1) is 0 Å². The molecule has 2 aromatic rings. The van der Waals surface area contributed by atoms with Gasteiger partial charge in [0.2, 0.25) is 0 Å². The molecule has 1 saturated heterocycles. The van der Waals surface area contributed by atoms with Gasteiger partial charge in [0.05, 0.1) is 11.2 Å². The molecule has 0 spiro atoms. The third kappa shape index (κ3) is 1.94. The molecule has 1 aliphatic rings. The van der Waals surface area contributed by atoms with Crippen molar-refractivity contribution in [3.05, 3.63) is 41.0 Å². The summed E-state index contributed by atoms with van der Waals surface area (Å²) in [4.78, 5) is 12.1. The van der Waals surface area contributed by atoms with Gasteiger partial charge in [0.25, 0.3) is 5.91 Å². The molecule has 1 fully saturated rings. The lowest BCUT2D eigenvalue weighted by atomic mass is 10.1. The molecule has 0 radical (unpaired) electrons. The number of carbonyl (C=O) groups excluding carboxylic acids is 1. The first-order valence-corrected chi connectivity index (χ1v) is 6.02. The third-order valence-electron chi connectivity index (χ3n) is 2.53. The number of hydrogen-bond acceptors (Lipinski definition) is 4. The Balaban J connectivity index is 1.99. The minimum absolute atomic E-state index is 0.116. The van der Waals surface area contributed by atoms with Gasteiger partial charge in [-0.2, -0.15) is 0 Å². The average molecular weight is 246 g/mol. The Bertz CT molecular complexity index is 618. The van der Waals surface area contributed by atoms with E-state index in [0.717, 1.165) is 16.5 Å². The summed E-state index contributed by atoms with van der Waals surface area (Å²) >= 11 is 1.33. The number of rotatable bonds is 1. The van der Waals surface area contributed by atoms with Gasteiger partial charge in [-0.25, -0.2) is 0 Å².